The van der Waals surface area contributed by atoms with Gasteiger partial charge in [-0.3, -0.25) is 5.41 Å². The number of nitrogens with zero attached hydrogens (tertiary/aromatic N) is 3. The first-order valence-corrected chi connectivity index (χ1v) is 12.4. The fourth-order valence-electron chi connectivity index (χ4n) is 3.98. The Labute approximate surface area is 205 Å². The van der Waals surface area contributed by atoms with Crippen molar-refractivity contribution in [3.63, 3.8) is 0 Å². The largest absolute Gasteiger partial charge is 0.411 e. The first-order chi connectivity index (χ1) is 17.2. The number of fused-ring (bicyclic) bond motifs is 1. The second kappa shape index (κ2) is 8.89. The monoisotopic (exact) mass is 504 g/mol. The van der Waals surface area contributed by atoms with Crippen LogP contribution in [-0.2, 0) is 22.7 Å². The van der Waals surface area contributed by atoms with Crippen LogP contribution in [0.3, 0.4) is 0 Å². The second-order valence-corrected chi connectivity index (χ2v) is 10.3. The van der Waals surface area contributed by atoms with Gasteiger partial charge in [-0.2, -0.15) is 0 Å². The van der Waals surface area contributed by atoms with E-state index in [4.69, 9.17) is 26.1 Å². The number of hydrogen-bond acceptors (Lipinski definition) is 9. The third-order valence-corrected chi connectivity index (χ3v) is 7.47. The van der Waals surface area contributed by atoms with E-state index in [-0.39, 0.29) is 28.9 Å². The van der Waals surface area contributed by atoms with Crippen molar-refractivity contribution in [2.45, 2.75) is 17.7 Å². The molecule has 1 aliphatic rings. The van der Waals surface area contributed by atoms with Gasteiger partial charge in [0.2, 0.25) is 0 Å². The lowest BCUT2D eigenvalue weighted by molar-refractivity contribution is 0.209. The van der Waals surface area contributed by atoms with E-state index >= 15 is 0 Å². The fraction of sp³-hybridized carbons (Fsp3) is 0.125. The number of nitrogens with one attached hydrogen (secondary N) is 1. The van der Waals surface area contributed by atoms with Crippen LogP contribution in [0.1, 0.15) is 11.1 Å². The lowest BCUT2D eigenvalue weighted by Crippen LogP contribution is -2.17. The van der Waals surface area contributed by atoms with Crippen molar-refractivity contribution >= 4 is 21.8 Å². The third kappa shape index (κ3) is 4.53. The van der Waals surface area contributed by atoms with Crippen molar-refractivity contribution in [1.29, 1.82) is 5.41 Å². The molecule has 0 unspecified atom stereocenters. The van der Waals surface area contributed by atoms with Crippen molar-refractivity contribution < 1.29 is 22.5 Å². The highest BCUT2D eigenvalue weighted by Crippen LogP contribution is 2.34. The molecule has 0 atom stereocenters. The number of aromatic nitrogens is 3. The number of carbonyl (C=O) groups is 1. The predicted molar refractivity (Wildman–Crippen MR) is 130 cm³/mol. The summed E-state index contributed by atoms with van der Waals surface area (Å²) in [4.78, 5) is 20.5. The Kier molecular flexibility index (Phi) is 5.72. The Hall–Kier alpha value is -4.58. The highest BCUT2D eigenvalue weighted by atomic mass is 32.2. The second-order valence-electron chi connectivity index (χ2n) is 8.20. The third-order valence-electron chi connectivity index (χ3n) is 5.66. The van der Waals surface area contributed by atoms with E-state index in [0.29, 0.717) is 40.3 Å². The van der Waals surface area contributed by atoms with Crippen LogP contribution in [0, 0.1) is 5.41 Å². The van der Waals surface area contributed by atoms with Gasteiger partial charge in [0.05, 0.1) is 28.4 Å². The summed E-state index contributed by atoms with van der Waals surface area (Å²) in [5.41, 5.74) is 14.7. The van der Waals surface area contributed by atoms with E-state index in [1.807, 2.05) is 24.3 Å². The number of sulfone groups is 1. The number of ether oxygens (including phenoxy) is 1. The Morgan fingerprint density at radius 2 is 1.81 bits per heavy atom. The summed E-state index contributed by atoms with van der Waals surface area (Å²) in [6, 6.07) is 13.9. The number of amidine groups is 1. The molecule has 182 valence electrons. The van der Waals surface area contributed by atoms with Crippen molar-refractivity contribution in [2.24, 2.45) is 11.5 Å². The summed E-state index contributed by atoms with van der Waals surface area (Å²) in [6.07, 6.45) is 1.10. The predicted octanol–water partition coefficient (Wildman–Crippen LogP) is 2.73. The number of nitrogens with two attached hydrogens (primary N) is 2. The first-order valence-electron chi connectivity index (χ1n) is 10.8. The molecule has 0 spiro atoms. The maximum atomic E-state index is 12.1. The van der Waals surface area contributed by atoms with Crippen LogP contribution in [0.4, 0.5) is 4.79 Å². The van der Waals surface area contributed by atoms with E-state index in [1.54, 1.807) is 24.3 Å². The SMILES string of the molecule is N=C(N)Cc1ccc(-c2cc(-c3nc(-c4ccc5c(c4)CCS5(=O)=O)cnc3OC(N)=O)on2)cc1. The quantitative estimate of drug-likeness (QED) is 0.262. The molecule has 0 aliphatic carbocycles. The number of benzene rings is 2. The van der Waals surface area contributed by atoms with Crippen molar-refractivity contribution in [1.82, 2.24) is 15.1 Å². The van der Waals surface area contributed by atoms with Crippen LogP contribution >= 0.6 is 0 Å². The minimum Gasteiger partial charge on any atom is -0.389 e. The molecule has 2 aromatic carbocycles. The minimum atomic E-state index is -3.26. The van der Waals surface area contributed by atoms with Crippen LogP contribution < -0.4 is 16.2 Å². The Balaban J connectivity index is 1.52. The fourth-order valence-corrected chi connectivity index (χ4v) is 5.52. The van der Waals surface area contributed by atoms with Crippen LogP contribution in [0.15, 0.2) is 64.1 Å². The summed E-state index contributed by atoms with van der Waals surface area (Å²) in [6.45, 7) is 0. The van der Waals surface area contributed by atoms with Gasteiger partial charge in [-0.25, -0.2) is 23.2 Å². The lowest BCUT2D eigenvalue weighted by atomic mass is 10.1. The molecular formula is C24H20N6O5S. The van der Waals surface area contributed by atoms with E-state index in [0.717, 1.165) is 11.1 Å². The van der Waals surface area contributed by atoms with Gasteiger partial charge in [0.25, 0.3) is 5.88 Å². The number of primary amides is 1. The number of carbonyl (C=O) groups excluding carboxylic acids is 1. The molecular weight excluding hydrogens is 484 g/mol. The van der Waals surface area contributed by atoms with Gasteiger partial charge in [-0.1, -0.05) is 35.5 Å². The number of hydrogen-bond donors (Lipinski definition) is 3. The van der Waals surface area contributed by atoms with Crippen molar-refractivity contribution in [3.8, 4) is 39.8 Å². The molecule has 5 N–H and O–H groups in total. The molecule has 0 fully saturated rings. The maximum absolute atomic E-state index is 12.1. The highest BCUT2D eigenvalue weighted by Gasteiger charge is 2.27. The van der Waals surface area contributed by atoms with Crippen LogP contribution in [0.25, 0.3) is 34.0 Å². The molecule has 0 radical (unpaired) electrons. The summed E-state index contributed by atoms with van der Waals surface area (Å²) in [7, 11) is -3.26. The minimum absolute atomic E-state index is 0.0666. The van der Waals surface area contributed by atoms with E-state index in [9.17, 15) is 13.2 Å². The lowest BCUT2D eigenvalue weighted by Gasteiger charge is -2.08. The average molecular weight is 505 g/mol. The normalized spacial score (nSPS) is 13.8. The summed E-state index contributed by atoms with van der Waals surface area (Å²) in [5.74, 6) is 0.170. The first kappa shape index (κ1) is 23.2. The Morgan fingerprint density at radius 3 is 2.53 bits per heavy atom. The summed E-state index contributed by atoms with van der Waals surface area (Å²) >= 11 is 0. The highest BCUT2D eigenvalue weighted by molar-refractivity contribution is 7.91. The van der Waals surface area contributed by atoms with E-state index in [1.165, 1.54) is 6.20 Å². The van der Waals surface area contributed by atoms with Crippen LogP contribution in [0.2, 0.25) is 0 Å². The number of amides is 1. The zero-order chi connectivity index (χ0) is 25.4. The smallest absolute Gasteiger partial charge is 0.389 e. The Morgan fingerprint density at radius 1 is 1.06 bits per heavy atom. The van der Waals surface area contributed by atoms with Gasteiger partial charge < -0.3 is 20.7 Å². The Bertz CT molecular complexity index is 1610. The van der Waals surface area contributed by atoms with Gasteiger partial charge >= 0.3 is 6.09 Å². The molecule has 11 nitrogen and oxygen atoms in total. The summed E-state index contributed by atoms with van der Waals surface area (Å²) < 4.78 is 34.8. The van der Waals surface area contributed by atoms with Crippen LogP contribution in [0.5, 0.6) is 5.88 Å². The van der Waals surface area contributed by atoms with Gasteiger partial charge in [-0.15, -0.1) is 0 Å². The zero-order valence-corrected chi connectivity index (χ0v) is 19.6. The van der Waals surface area contributed by atoms with Gasteiger partial charge in [0, 0.05) is 23.6 Å². The molecule has 3 heterocycles. The van der Waals surface area contributed by atoms with Gasteiger partial charge in [0.15, 0.2) is 21.3 Å². The molecule has 0 bridgehead atoms. The van der Waals surface area contributed by atoms with Gasteiger partial charge in [-0.05, 0) is 29.7 Å². The van der Waals surface area contributed by atoms with Gasteiger partial charge in [0.1, 0.15) is 5.69 Å². The molecule has 1 amide bonds. The standard InChI is InChI=1S/C24H20N6O5S/c25-21(26)9-13-1-3-14(4-2-13)17-11-19(35-30-17)22-23(34-24(27)31)28-12-18(29-22)15-5-6-20-16(10-15)7-8-36(20,32)33/h1-6,10-12H,7-9H2,(H3,25,26)(H2,27,31). The van der Waals surface area contributed by atoms with E-state index < -0.39 is 15.9 Å². The van der Waals surface area contributed by atoms with Crippen molar-refractivity contribution in [2.75, 3.05) is 5.75 Å². The molecule has 36 heavy (non-hydrogen) atoms. The molecule has 4 aromatic rings. The molecule has 12 heteroatoms. The summed E-state index contributed by atoms with van der Waals surface area (Å²) in [5, 5.41) is 11.5. The topological polar surface area (TPSA) is 188 Å². The number of rotatable bonds is 6. The maximum Gasteiger partial charge on any atom is 0.411 e. The zero-order valence-electron chi connectivity index (χ0n) is 18.8. The molecule has 5 rings (SSSR count). The molecule has 1 aliphatic heterocycles. The number of aryl methyl sites for hydroxylation is 1. The molecule has 0 saturated carbocycles. The van der Waals surface area contributed by atoms with E-state index in [2.05, 4.69) is 15.1 Å². The molecule has 2 aromatic heterocycles. The average Bonchev–Trinajstić information content (AvgIpc) is 3.44. The van der Waals surface area contributed by atoms with Crippen molar-refractivity contribution in [3.05, 3.63) is 65.9 Å². The molecule has 0 saturated heterocycles. The van der Waals surface area contributed by atoms with Crippen LogP contribution in [-0.4, -0.2) is 41.2 Å².